The van der Waals surface area contributed by atoms with Gasteiger partial charge >= 0.3 is 0 Å². The summed E-state index contributed by atoms with van der Waals surface area (Å²) in [7, 11) is 0. The lowest BCUT2D eigenvalue weighted by atomic mass is 10.3. The predicted octanol–water partition coefficient (Wildman–Crippen LogP) is 0.546. The lowest BCUT2D eigenvalue weighted by molar-refractivity contribution is 0.511. The van der Waals surface area contributed by atoms with Gasteiger partial charge < -0.3 is 21.7 Å². The van der Waals surface area contributed by atoms with Gasteiger partial charge in [-0.05, 0) is 30.8 Å². The Hall–Kier alpha value is -2.34. The molecule has 1 aromatic rings. The summed E-state index contributed by atoms with van der Waals surface area (Å²) in [6.07, 6.45) is 5.98. The van der Waals surface area contributed by atoms with Crippen molar-refractivity contribution in [2.24, 2.45) is 16.5 Å². The number of pyridine rings is 1. The molecule has 1 aromatic heterocycles. The normalized spacial score (nSPS) is 19.2. The molecule has 6 heteroatoms. The van der Waals surface area contributed by atoms with Gasteiger partial charge in [0.15, 0.2) is 0 Å². The minimum absolute atomic E-state index is 0.191. The third-order valence-corrected chi connectivity index (χ3v) is 3.24. The van der Waals surface area contributed by atoms with Crippen LogP contribution in [0.2, 0.25) is 0 Å². The molecule has 0 spiro atoms. The molecule has 0 bridgehead atoms. The van der Waals surface area contributed by atoms with Gasteiger partial charge in [-0.25, -0.2) is 4.99 Å². The van der Waals surface area contributed by atoms with Crippen molar-refractivity contribution in [2.75, 3.05) is 13.1 Å². The van der Waals surface area contributed by atoms with Crippen LogP contribution < -0.4 is 16.8 Å². The Balaban J connectivity index is 1.95. The molecule has 5 N–H and O–H groups in total. The summed E-state index contributed by atoms with van der Waals surface area (Å²) in [6, 6.07) is 5.97. The molecular weight excluding hydrogens is 264 g/mol. The molecule has 0 aromatic carbocycles. The van der Waals surface area contributed by atoms with E-state index in [2.05, 4.69) is 26.8 Å². The molecule has 1 saturated heterocycles. The van der Waals surface area contributed by atoms with Crippen LogP contribution in [-0.2, 0) is 6.54 Å². The van der Waals surface area contributed by atoms with Gasteiger partial charge in [0.2, 0.25) is 0 Å². The first-order valence-corrected chi connectivity index (χ1v) is 6.99. The fourth-order valence-electron chi connectivity index (χ4n) is 2.17. The van der Waals surface area contributed by atoms with E-state index in [4.69, 9.17) is 11.5 Å². The maximum absolute atomic E-state index is 5.93. The highest BCUT2D eigenvalue weighted by Crippen LogP contribution is 2.09. The van der Waals surface area contributed by atoms with Crippen LogP contribution in [0.1, 0.15) is 12.1 Å². The number of aliphatic imine (C=N–C) groups is 1. The van der Waals surface area contributed by atoms with Gasteiger partial charge in [0.1, 0.15) is 11.7 Å². The minimum atomic E-state index is 0.191. The van der Waals surface area contributed by atoms with Crippen LogP contribution in [0.3, 0.4) is 0 Å². The van der Waals surface area contributed by atoms with E-state index in [1.807, 2.05) is 18.2 Å². The molecule has 0 saturated carbocycles. The topological polar surface area (TPSA) is 92.6 Å². The molecule has 1 aliphatic heterocycles. The van der Waals surface area contributed by atoms with Crippen molar-refractivity contribution in [1.29, 1.82) is 0 Å². The van der Waals surface area contributed by atoms with E-state index in [1.165, 1.54) is 6.20 Å². The van der Waals surface area contributed by atoms with Gasteiger partial charge in [0.25, 0.3) is 0 Å². The van der Waals surface area contributed by atoms with Crippen molar-refractivity contribution in [2.45, 2.75) is 19.0 Å². The van der Waals surface area contributed by atoms with E-state index in [-0.39, 0.29) is 6.04 Å². The summed E-state index contributed by atoms with van der Waals surface area (Å²) in [6.45, 7) is 6.18. The largest absolute Gasteiger partial charge is 0.404 e. The Morgan fingerprint density at radius 2 is 2.43 bits per heavy atom. The van der Waals surface area contributed by atoms with Crippen LogP contribution in [0.5, 0.6) is 0 Å². The zero-order valence-corrected chi connectivity index (χ0v) is 12.1. The number of hydrogen-bond acceptors (Lipinski definition) is 5. The molecule has 112 valence electrons. The monoisotopic (exact) mass is 286 g/mol. The van der Waals surface area contributed by atoms with Crippen molar-refractivity contribution in [3.8, 4) is 0 Å². The summed E-state index contributed by atoms with van der Waals surface area (Å²) >= 11 is 0. The molecule has 1 atom stereocenters. The second-order valence-electron chi connectivity index (χ2n) is 4.95. The predicted molar refractivity (Wildman–Crippen MR) is 85.1 cm³/mol. The number of likely N-dealkylation sites (tertiary alicyclic amines) is 1. The van der Waals surface area contributed by atoms with E-state index in [0.717, 1.165) is 31.0 Å². The van der Waals surface area contributed by atoms with E-state index >= 15 is 0 Å². The first-order valence-electron chi connectivity index (χ1n) is 6.99. The lowest BCUT2D eigenvalue weighted by Gasteiger charge is -2.18. The van der Waals surface area contributed by atoms with Gasteiger partial charge in [0, 0.05) is 25.3 Å². The fraction of sp³-hybridized carbons (Fsp3) is 0.333. The minimum Gasteiger partial charge on any atom is -0.404 e. The van der Waals surface area contributed by atoms with E-state index in [9.17, 15) is 0 Å². The van der Waals surface area contributed by atoms with Gasteiger partial charge in [-0.15, -0.1) is 0 Å². The number of nitrogens with one attached hydrogen (secondary N) is 1. The number of amidine groups is 1. The Labute approximate surface area is 125 Å². The number of aromatic nitrogens is 1. The molecule has 0 amide bonds. The van der Waals surface area contributed by atoms with Gasteiger partial charge in [-0.1, -0.05) is 12.6 Å². The maximum Gasteiger partial charge on any atom is 0.132 e. The summed E-state index contributed by atoms with van der Waals surface area (Å²) < 4.78 is 0. The van der Waals surface area contributed by atoms with Crippen LogP contribution in [-0.4, -0.2) is 34.9 Å². The van der Waals surface area contributed by atoms with Crippen LogP contribution in [0, 0.1) is 0 Å². The van der Waals surface area contributed by atoms with E-state index in [1.54, 1.807) is 12.3 Å². The molecule has 0 radical (unpaired) electrons. The first-order chi connectivity index (χ1) is 10.2. The van der Waals surface area contributed by atoms with Crippen LogP contribution in [0.4, 0.5) is 0 Å². The molecule has 6 nitrogen and oxygen atoms in total. The van der Waals surface area contributed by atoms with Crippen molar-refractivity contribution in [3.05, 3.63) is 54.8 Å². The molecule has 21 heavy (non-hydrogen) atoms. The summed E-state index contributed by atoms with van der Waals surface area (Å²) in [5, 5.41) is 3.15. The third-order valence-electron chi connectivity index (χ3n) is 3.24. The Morgan fingerprint density at radius 1 is 1.57 bits per heavy atom. The fourth-order valence-corrected chi connectivity index (χ4v) is 2.17. The molecule has 1 aliphatic rings. The summed E-state index contributed by atoms with van der Waals surface area (Å²) in [4.78, 5) is 10.8. The van der Waals surface area contributed by atoms with Crippen LogP contribution >= 0.6 is 0 Å². The van der Waals surface area contributed by atoms with Gasteiger partial charge in [-0.2, -0.15) is 0 Å². The van der Waals surface area contributed by atoms with Crippen molar-refractivity contribution in [3.63, 3.8) is 0 Å². The Morgan fingerprint density at radius 3 is 3.05 bits per heavy atom. The SMILES string of the molecule is C=C(/N=C(\C=C/N)N1CC[C@H](N)C1)NCc1ccccn1. The molecule has 2 heterocycles. The molecule has 0 aliphatic carbocycles. The number of nitrogens with two attached hydrogens (primary N) is 2. The summed E-state index contributed by atoms with van der Waals surface area (Å²) in [5.41, 5.74) is 12.4. The second-order valence-corrected chi connectivity index (χ2v) is 4.95. The van der Waals surface area contributed by atoms with Crippen LogP contribution in [0.25, 0.3) is 0 Å². The number of nitrogens with zero attached hydrogens (tertiary/aromatic N) is 3. The van der Waals surface area contributed by atoms with Crippen molar-refractivity contribution in [1.82, 2.24) is 15.2 Å². The highest BCUT2D eigenvalue weighted by atomic mass is 15.2. The van der Waals surface area contributed by atoms with Gasteiger partial charge in [-0.3, -0.25) is 4.98 Å². The summed E-state index contributed by atoms with van der Waals surface area (Å²) in [5.74, 6) is 1.36. The standard InChI is InChI=1S/C15H22N6/c1-12(19-10-14-4-2-3-8-18-14)20-15(5-7-16)21-9-6-13(17)11-21/h2-5,7-8,13,19H,1,6,9-11,16-17H2/b7-5-,20-15+/t13-/m0/s1. The number of hydrogen-bond donors (Lipinski definition) is 3. The molecular formula is C15H22N6. The zero-order chi connectivity index (χ0) is 15.1. The van der Waals surface area contributed by atoms with Crippen molar-refractivity contribution >= 4 is 5.84 Å². The molecule has 1 fully saturated rings. The lowest BCUT2D eigenvalue weighted by Crippen LogP contribution is -2.31. The zero-order valence-electron chi connectivity index (χ0n) is 12.1. The molecule has 0 unspecified atom stereocenters. The van der Waals surface area contributed by atoms with Gasteiger partial charge in [0.05, 0.1) is 12.2 Å². The maximum atomic E-state index is 5.93. The van der Waals surface area contributed by atoms with E-state index in [0.29, 0.717) is 12.4 Å². The second kappa shape index (κ2) is 7.44. The van der Waals surface area contributed by atoms with Crippen LogP contribution in [0.15, 0.2) is 54.1 Å². The quantitative estimate of drug-likeness (QED) is 0.543. The first kappa shape index (κ1) is 15.1. The highest BCUT2D eigenvalue weighted by molar-refractivity contribution is 5.93. The Bertz CT molecular complexity index is 522. The smallest absolute Gasteiger partial charge is 0.132 e. The third kappa shape index (κ3) is 4.61. The van der Waals surface area contributed by atoms with Crippen molar-refractivity contribution < 1.29 is 0 Å². The number of rotatable bonds is 5. The average molecular weight is 286 g/mol. The Kier molecular flexibility index (Phi) is 5.34. The molecule has 2 rings (SSSR count). The average Bonchev–Trinajstić information content (AvgIpc) is 2.92. The highest BCUT2D eigenvalue weighted by Gasteiger charge is 2.20. The van der Waals surface area contributed by atoms with E-state index < -0.39 is 0 Å².